The molecule has 1 fully saturated rings. The Labute approximate surface area is 118 Å². The Morgan fingerprint density at radius 1 is 1.40 bits per heavy atom. The molecule has 0 unspecified atom stereocenters. The van der Waals surface area contributed by atoms with Crippen molar-refractivity contribution in [1.82, 2.24) is 24.8 Å². The number of nitrogens with two attached hydrogens (primary N) is 1. The van der Waals surface area contributed by atoms with Gasteiger partial charge in [0.2, 0.25) is 5.95 Å². The number of imidazole rings is 1. The normalized spacial score (nSPS) is 17.6. The summed E-state index contributed by atoms with van der Waals surface area (Å²) in [6.07, 6.45) is 4.07. The van der Waals surface area contributed by atoms with E-state index >= 15 is 0 Å². The summed E-state index contributed by atoms with van der Waals surface area (Å²) in [5.41, 5.74) is 7.14. The maximum Gasteiger partial charge on any atom is 0.224 e. The quantitative estimate of drug-likeness (QED) is 0.772. The summed E-state index contributed by atoms with van der Waals surface area (Å²) >= 11 is 0. The van der Waals surface area contributed by atoms with Crippen LogP contribution in [-0.2, 0) is 0 Å². The molecule has 2 aromatic heterocycles. The first-order valence-corrected chi connectivity index (χ1v) is 7.19. The molecule has 1 saturated heterocycles. The van der Waals surface area contributed by atoms with Crippen molar-refractivity contribution in [2.75, 3.05) is 37.2 Å². The van der Waals surface area contributed by atoms with Crippen LogP contribution in [0.3, 0.4) is 0 Å². The number of rotatable bonds is 4. The molecule has 2 aromatic rings. The van der Waals surface area contributed by atoms with Crippen LogP contribution < -0.4 is 11.1 Å². The van der Waals surface area contributed by atoms with Gasteiger partial charge < -0.3 is 20.9 Å². The van der Waals surface area contributed by atoms with Crippen molar-refractivity contribution in [3.8, 4) is 0 Å². The van der Waals surface area contributed by atoms with Gasteiger partial charge in [0.25, 0.3) is 0 Å². The highest BCUT2D eigenvalue weighted by atomic mass is 15.1. The number of nitrogens with one attached hydrogen (secondary N) is 2. The predicted octanol–water partition coefficient (Wildman–Crippen LogP) is 1.08. The van der Waals surface area contributed by atoms with Gasteiger partial charge in [0, 0.05) is 6.54 Å². The predicted molar refractivity (Wildman–Crippen MR) is 79.4 cm³/mol. The molecular weight excluding hydrogens is 254 g/mol. The van der Waals surface area contributed by atoms with Crippen LogP contribution in [0.2, 0.25) is 0 Å². The van der Waals surface area contributed by atoms with Gasteiger partial charge in [-0.15, -0.1) is 0 Å². The number of H-pyrrole nitrogens is 1. The highest BCUT2D eigenvalue weighted by molar-refractivity contribution is 5.83. The fourth-order valence-electron chi connectivity index (χ4n) is 2.73. The number of hydrogen-bond acceptors (Lipinski definition) is 6. The molecule has 0 saturated carbocycles. The van der Waals surface area contributed by atoms with Crippen molar-refractivity contribution in [1.29, 1.82) is 0 Å². The van der Waals surface area contributed by atoms with E-state index in [2.05, 4.69) is 37.1 Å². The zero-order valence-electron chi connectivity index (χ0n) is 11.8. The van der Waals surface area contributed by atoms with E-state index in [0.29, 0.717) is 11.6 Å². The molecule has 0 aliphatic carbocycles. The van der Waals surface area contributed by atoms with E-state index in [1.54, 1.807) is 6.33 Å². The maximum atomic E-state index is 5.71. The molecule has 0 atom stereocenters. The van der Waals surface area contributed by atoms with Crippen LogP contribution in [-0.4, -0.2) is 51.0 Å². The van der Waals surface area contributed by atoms with Gasteiger partial charge in [-0.25, -0.2) is 4.98 Å². The smallest absolute Gasteiger partial charge is 0.224 e. The van der Waals surface area contributed by atoms with Crippen molar-refractivity contribution in [3.63, 3.8) is 0 Å². The first-order chi connectivity index (χ1) is 9.76. The second kappa shape index (κ2) is 5.62. The number of piperidine rings is 1. The Balaban J connectivity index is 1.64. The molecular formula is C13H21N7. The zero-order chi connectivity index (χ0) is 13.9. The van der Waals surface area contributed by atoms with E-state index in [4.69, 9.17) is 5.73 Å². The number of fused-ring (bicyclic) bond motifs is 1. The van der Waals surface area contributed by atoms with Crippen LogP contribution in [0.5, 0.6) is 0 Å². The fraction of sp³-hybridized carbons (Fsp3) is 0.615. The second-order valence-electron chi connectivity index (χ2n) is 5.29. The van der Waals surface area contributed by atoms with E-state index in [1.165, 1.54) is 25.9 Å². The number of nitrogens with zero attached hydrogens (tertiary/aromatic N) is 4. The third-order valence-corrected chi connectivity index (χ3v) is 4.02. The van der Waals surface area contributed by atoms with Gasteiger partial charge in [-0.05, 0) is 38.4 Å². The Morgan fingerprint density at radius 3 is 2.95 bits per heavy atom. The largest absolute Gasteiger partial charge is 0.368 e. The van der Waals surface area contributed by atoms with Gasteiger partial charge in [-0.2, -0.15) is 9.97 Å². The van der Waals surface area contributed by atoms with E-state index in [1.807, 2.05) is 0 Å². The number of anilines is 2. The van der Waals surface area contributed by atoms with E-state index in [9.17, 15) is 0 Å². The topological polar surface area (TPSA) is 95.8 Å². The monoisotopic (exact) mass is 275 g/mol. The summed E-state index contributed by atoms with van der Waals surface area (Å²) in [5, 5.41) is 3.40. The van der Waals surface area contributed by atoms with Crippen LogP contribution in [0.25, 0.3) is 11.2 Å². The zero-order valence-corrected chi connectivity index (χ0v) is 11.8. The molecule has 3 rings (SSSR count). The lowest BCUT2D eigenvalue weighted by molar-refractivity contribution is 0.198. The van der Waals surface area contributed by atoms with E-state index < -0.39 is 0 Å². The van der Waals surface area contributed by atoms with Crippen molar-refractivity contribution in [3.05, 3.63) is 6.33 Å². The molecule has 1 aliphatic heterocycles. The molecule has 0 aromatic carbocycles. The minimum absolute atomic E-state index is 0.257. The van der Waals surface area contributed by atoms with Crippen LogP contribution in [0.1, 0.15) is 19.8 Å². The standard InChI is InChI=1S/C13H21N7/c1-2-20-5-3-9(4-6-20)7-15-11-10-12(17-8-16-10)19-13(14)18-11/h8-9H,2-7H2,1H3,(H4,14,15,16,17,18,19). The maximum absolute atomic E-state index is 5.71. The summed E-state index contributed by atoms with van der Waals surface area (Å²) in [5.74, 6) is 1.70. The number of hydrogen-bond donors (Lipinski definition) is 3. The lowest BCUT2D eigenvalue weighted by Crippen LogP contribution is -2.35. The van der Waals surface area contributed by atoms with Crippen molar-refractivity contribution in [2.45, 2.75) is 19.8 Å². The average molecular weight is 275 g/mol. The van der Waals surface area contributed by atoms with Crippen LogP contribution in [0.4, 0.5) is 11.8 Å². The van der Waals surface area contributed by atoms with Gasteiger partial charge in [-0.3, -0.25) is 0 Å². The fourth-order valence-corrected chi connectivity index (χ4v) is 2.73. The van der Waals surface area contributed by atoms with E-state index in [0.717, 1.165) is 24.4 Å². The third-order valence-electron chi connectivity index (χ3n) is 4.02. The van der Waals surface area contributed by atoms with Gasteiger partial charge in [0.05, 0.1) is 6.33 Å². The Morgan fingerprint density at radius 2 is 2.20 bits per heavy atom. The summed E-state index contributed by atoms with van der Waals surface area (Å²) < 4.78 is 0. The van der Waals surface area contributed by atoms with Crippen molar-refractivity contribution >= 4 is 22.9 Å². The summed E-state index contributed by atoms with van der Waals surface area (Å²) in [7, 11) is 0. The second-order valence-corrected chi connectivity index (χ2v) is 5.29. The molecule has 0 radical (unpaired) electrons. The molecule has 0 bridgehead atoms. The highest BCUT2D eigenvalue weighted by Crippen LogP contribution is 2.21. The third kappa shape index (κ3) is 2.67. The summed E-state index contributed by atoms with van der Waals surface area (Å²) in [4.78, 5) is 18.0. The summed E-state index contributed by atoms with van der Waals surface area (Å²) in [6.45, 7) is 6.67. The van der Waals surface area contributed by atoms with Crippen LogP contribution >= 0.6 is 0 Å². The summed E-state index contributed by atoms with van der Waals surface area (Å²) in [6, 6.07) is 0. The molecule has 3 heterocycles. The minimum atomic E-state index is 0.257. The van der Waals surface area contributed by atoms with Crippen LogP contribution in [0, 0.1) is 5.92 Å². The molecule has 4 N–H and O–H groups in total. The Hall–Kier alpha value is -1.89. The van der Waals surface area contributed by atoms with Gasteiger partial charge >= 0.3 is 0 Å². The average Bonchev–Trinajstić information content (AvgIpc) is 2.93. The van der Waals surface area contributed by atoms with Gasteiger partial charge in [-0.1, -0.05) is 6.92 Å². The van der Waals surface area contributed by atoms with Crippen molar-refractivity contribution in [2.24, 2.45) is 5.92 Å². The molecule has 108 valence electrons. The number of likely N-dealkylation sites (tertiary alicyclic amines) is 1. The minimum Gasteiger partial charge on any atom is -0.368 e. The Kier molecular flexibility index (Phi) is 3.68. The Bertz CT molecular complexity index is 571. The molecule has 0 amide bonds. The lowest BCUT2D eigenvalue weighted by Gasteiger charge is -2.31. The first kappa shape index (κ1) is 13.1. The number of aromatic amines is 1. The molecule has 7 nitrogen and oxygen atoms in total. The molecule has 0 spiro atoms. The van der Waals surface area contributed by atoms with Gasteiger partial charge in [0.15, 0.2) is 11.5 Å². The SMILES string of the molecule is CCN1CCC(CNc2nc(N)nc3nc[nH]c23)CC1. The molecule has 7 heteroatoms. The first-order valence-electron chi connectivity index (χ1n) is 7.19. The van der Waals surface area contributed by atoms with Crippen LogP contribution in [0.15, 0.2) is 6.33 Å². The molecule has 1 aliphatic rings. The van der Waals surface area contributed by atoms with Crippen molar-refractivity contribution < 1.29 is 0 Å². The lowest BCUT2D eigenvalue weighted by atomic mass is 9.97. The van der Waals surface area contributed by atoms with E-state index in [-0.39, 0.29) is 5.95 Å². The number of aromatic nitrogens is 4. The highest BCUT2D eigenvalue weighted by Gasteiger charge is 2.18. The number of nitrogen functional groups attached to an aromatic ring is 1. The molecule has 20 heavy (non-hydrogen) atoms. The van der Waals surface area contributed by atoms with Gasteiger partial charge in [0.1, 0.15) is 5.52 Å².